The van der Waals surface area contributed by atoms with Gasteiger partial charge in [-0.3, -0.25) is 0 Å². The zero-order chi connectivity index (χ0) is 22.0. The molecule has 4 rings (SSSR count). The van der Waals surface area contributed by atoms with Crippen molar-refractivity contribution in [2.24, 2.45) is 5.92 Å². The number of halogens is 1. The van der Waals surface area contributed by atoms with Gasteiger partial charge < -0.3 is 15.0 Å². The van der Waals surface area contributed by atoms with Crippen LogP contribution in [-0.4, -0.2) is 56.9 Å². The Morgan fingerprint density at radius 3 is 2.19 bits per heavy atom. The molecular weight excluding hydrogens is 438 g/mol. The molecular formula is C22H26ClN3O4S. The van der Waals surface area contributed by atoms with Crippen LogP contribution in [0.4, 0.5) is 4.79 Å². The van der Waals surface area contributed by atoms with Crippen molar-refractivity contribution < 1.29 is 17.9 Å². The maximum atomic E-state index is 12.9. The number of piperazine rings is 1. The molecule has 2 aromatic carbocycles. The molecule has 2 amide bonds. The van der Waals surface area contributed by atoms with Gasteiger partial charge in [0.1, 0.15) is 5.75 Å². The average molecular weight is 464 g/mol. The summed E-state index contributed by atoms with van der Waals surface area (Å²) in [6.45, 7) is 1.21. The lowest BCUT2D eigenvalue weighted by atomic mass is 10.0. The van der Waals surface area contributed by atoms with E-state index in [9.17, 15) is 13.2 Å². The van der Waals surface area contributed by atoms with Crippen LogP contribution in [0.3, 0.4) is 0 Å². The van der Waals surface area contributed by atoms with E-state index in [-0.39, 0.29) is 30.1 Å². The summed E-state index contributed by atoms with van der Waals surface area (Å²) in [4.78, 5) is 14.8. The fourth-order valence-electron chi connectivity index (χ4n) is 3.83. The van der Waals surface area contributed by atoms with E-state index in [1.807, 2.05) is 24.3 Å². The van der Waals surface area contributed by atoms with Gasteiger partial charge in [-0.25, -0.2) is 13.2 Å². The summed E-state index contributed by atoms with van der Waals surface area (Å²) in [6.07, 6.45) is 2.17. The number of amides is 2. The average Bonchev–Trinajstić information content (AvgIpc) is 3.63. The van der Waals surface area contributed by atoms with Crippen LogP contribution in [-0.2, 0) is 10.0 Å². The van der Waals surface area contributed by atoms with Crippen LogP contribution < -0.4 is 10.1 Å². The molecule has 2 fully saturated rings. The van der Waals surface area contributed by atoms with Crippen LogP contribution in [0.5, 0.6) is 5.75 Å². The van der Waals surface area contributed by atoms with Gasteiger partial charge in [0.25, 0.3) is 0 Å². The first-order valence-corrected chi connectivity index (χ1v) is 12.2. The van der Waals surface area contributed by atoms with Crippen molar-refractivity contribution in [3.8, 4) is 5.75 Å². The van der Waals surface area contributed by atoms with Crippen LogP contribution in [0.2, 0.25) is 5.02 Å². The number of nitrogens with zero attached hydrogens (tertiary/aromatic N) is 2. The monoisotopic (exact) mass is 463 g/mol. The highest BCUT2D eigenvalue weighted by atomic mass is 35.5. The number of carbonyl (C=O) groups is 1. The molecule has 0 aromatic heterocycles. The van der Waals surface area contributed by atoms with Crippen molar-refractivity contribution in [2.45, 2.75) is 23.8 Å². The van der Waals surface area contributed by atoms with Gasteiger partial charge in [0, 0.05) is 31.2 Å². The maximum Gasteiger partial charge on any atom is 0.317 e. The Bertz CT molecular complexity index is 1020. The molecule has 2 aliphatic rings. The number of methoxy groups -OCH3 is 1. The van der Waals surface area contributed by atoms with Crippen LogP contribution in [0.15, 0.2) is 53.4 Å². The van der Waals surface area contributed by atoms with Crippen molar-refractivity contribution in [3.63, 3.8) is 0 Å². The number of ether oxygens (including phenoxy) is 1. The van der Waals surface area contributed by atoms with Gasteiger partial charge in [0.2, 0.25) is 10.0 Å². The molecule has 1 atom stereocenters. The minimum absolute atomic E-state index is 0.0502. The van der Waals surface area contributed by atoms with E-state index in [2.05, 4.69) is 5.32 Å². The standard InChI is InChI=1S/C22H26ClN3O4S/c1-30-19-8-10-20(11-9-19)31(28,29)26-14-12-25(13-15-26)22(27)24-21(16-2-3-16)17-4-6-18(23)7-5-17/h4-11,16,21H,2-3,12-15H2,1H3,(H,24,27)/t21-/m0/s1. The smallest absolute Gasteiger partial charge is 0.317 e. The van der Waals surface area contributed by atoms with E-state index < -0.39 is 10.0 Å². The van der Waals surface area contributed by atoms with Crippen LogP contribution in [0.25, 0.3) is 0 Å². The van der Waals surface area contributed by atoms with E-state index >= 15 is 0 Å². The fraction of sp³-hybridized carbons (Fsp3) is 0.409. The summed E-state index contributed by atoms with van der Waals surface area (Å²) in [7, 11) is -2.07. The van der Waals surface area contributed by atoms with E-state index in [4.69, 9.17) is 16.3 Å². The lowest BCUT2D eigenvalue weighted by Crippen LogP contribution is -2.53. The zero-order valence-electron chi connectivity index (χ0n) is 17.3. The van der Waals surface area contributed by atoms with Gasteiger partial charge in [-0.1, -0.05) is 23.7 Å². The first-order valence-electron chi connectivity index (χ1n) is 10.3. The first-order chi connectivity index (χ1) is 14.9. The number of benzene rings is 2. The fourth-order valence-corrected chi connectivity index (χ4v) is 5.37. The second-order valence-corrected chi connectivity index (χ2v) is 10.3. The molecule has 0 unspecified atom stereocenters. The van der Waals surface area contributed by atoms with E-state index in [1.54, 1.807) is 29.2 Å². The third-order valence-electron chi connectivity index (χ3n) is 5.82. The molecule has 2 aromatic rings. The summed E-state index contributed by atoms with van der Waals surface area (Å²) >= 11 is 5.99. The third kappa shape index (κ3) is 4.97. The number of nitrogens with one attached hydrogen (secondary N) is 1. The Balaban J connectivity index is 1.37. The highest BCUT2D eigenvalue weighted by Crippen LogP contribution is 2.41. The molecule has 9 heteroatoms. The second-order valence-electron chi connectivity index (χ2n) is 7.88. The number of hydrogen-bond acceptors (Lipinski definition) is 4. The van der Waals surface area contributed by atoms with Crippen LogP contribution in [0.1, 0.15) is 24.4 Å². The number of sulfonamides is 1. The topological polar surface area (TPSA) is 79.0 Å². The van der Waals surface area contributed by atoms with E-state index in [0.29, 0.717) is 29.8 Å². The van der Waals surface area contributed by atoms with Crippen molar-refractivity contribution in [1.82, 2.24) is 14.5 Å². The quantitative estimate of drug-likeness (QED) is 0.711. The summed E-state index contributed by atoms with van der Waals surface area (Å²) in [5.74, 6) is 1.04. The Hall–Kier alpha value is -2.29. The molecule has 1 saturated carbocycles. The van der Waals surface area contributed by atoms with Crippen LogP contribution in [0, 0.1) is 5.92 Å². The lowest BCUT2D eigenvalue weighted by Gasteiger charge is -2.35. The number of hydrogen-bond donors (Lipinski definition) is 1. The van der Waals surface area contributed by atoms with Crippen molar-refractivity contribution in [2.75, 3.05) is 33.3 Å². The largest absolute Gasteiger partial charge is 0.497 e. The minimum Gasteiger partial charge on any atom is -0.497 e. The van der Waals surface area contributed by atoms with Gasteiger partial charge in [0.15, 0.2) is 0 Å². The highest BCUT2D eigenvalue weighted by Gasteiger charge is 2.36. The predicted molar refractivity (Wildman–Crippen MR) is 119 cm³/mol. The molecule has 1 heterocycles. The summed E-state index contributed by atoms with van der Waals surface area (Å²) in [5.41, 5.74) is 1.04. The molecule has 1 N–H and O–H groups in total. The summed E-state index contributed by atoms with van der Waals surface area (Å²) in [6, 6.07) is 13.7. The van der Waals surface area contributed by atoms with E-state index in [1.165, 1.54) is 11.4 Å². The van der Waals surface area contributed by atoms with Gasteiger partial charge in [0.05, 0.1) is 18.0 Å². The number of rotatable bonds is 6. The van der Waals surface area contributed by atoms with Gasteiger partial charge >= 0.3 is 6.03 Å². The van der Waals surface area contributed by atoms with Gasteiger partial charge in [-0.15, -0.1) is 0 Å². The molecule has 7 nitrogen and oxygen atoms in total. The second kappa shape index (κ2) is 9.06. The van der Waals surface area contributed by atoms with E-state index in [0.717, 1.165) is 18.4 Å². The molecule has 1 saturated heterocycles. The zero-order valence-corrected chi connectivity index (χ0v) is 18.9. The number of carbonyl (C=O) groups excluding carboxylic acids is 1. The van der Waals surface area contributed by atoms with Gasteiger partial charge in [-0.05, 0) is 60.7 Å². The molecule has 0 spiro atoms. The maximum absolute atomic E-state index is 12.9. The van der Waals surface area contributed by atoms with Crippen molar-refractivity contribution in [1.29, 1.82) is 0 Å². The SMILES string of the molecule is COc1ccc(S(=O)(=O)N2CCN(C(=O)N[C@H](c3ccc(Cl)cc3)C3CC3)CC2)cc1. The lowest BCUT2D eigenvalue weighted by molar-refractivity contribution is 0.167. The van der Waals surface area contributed by atoms with Gasteiger partial charge in [-0.2, -0.15) is 4.31 Å². The minimum atomic E-state index is -3.60. The molecule has 166 valence electrons. The number of urea groups is 1. The first kappa shape index (κ1) is 21.9. The molecule has 1 aliphatic carbocycles. The Morgan fingerprint density at radius 1 is 1.03 bits per heavy atom. The molecule has 1 aliphatic heterocycles. The molecule has 0 bridgehead atoms. The predicted octanol–water partition coefficient (Wildman–Crippen LogP) is 3.52. The Kier molecular flexibility index (Phi) is 6.41. The Labute approximate surface area is 188 Å². The Morgan fingerprint density at radius 2 is 1.65 bits per heavy atom. The summed E-state index contributed by atoms with van der Waals surface area (Å²) < 4.78 is 32.3. The van der Waals surface area contributed by atoms with Crippen molar-refractivity contribution in [3.05, 3.63) is 59.1 Å². The van der Waals surface area contributed by atoms with Crippen molar-refractivity contribution >= 4 is 27.7 Å². The van der Waals surface area contributed by atoms with Crippen LogP contribution >= 0.6 is 11.6 Å². The normalized spacial score (nSPS) is 18.5. The highest BCUT2D eigenvalue weighted by molar-refractivity contribution is 7.89. The summed E-state index contributed by atoms with van der Waals surface area (Å²) in [5, 5.41) is 3.81. The molecule has 0 radical (unpaired) electrons. The third-order valence-corrected chi connectivity index (χ3v) is 7.99. The molecule has 31 heavy (non-hydrogen) atoms.